The van der Waals surface area contributed by atoms with Gasteiger partial charge in [-0.2, -0.15) is 0 Å². The molecule has 0 aliphatic rings. The Morgan fingerprint density at radius 2 is 0.225 bits per heavy atom. The molecule has 0 fully saturated rings. The highest BCUT2D eigenvalue weighted by atomic mass is 127. The first-order chi connectivity index (χ1) is 17.0. The van der Waals surface area contributed by atoms with Gasteiger partial charge in [0.15, 0.2) is 0 Å². The topological polar surface area (TPSA) is 324 Å². The number of halogens is 4. The minimum Gasteiger partial charge on any atom is -1.00 e. The average Bonchev–Trinajstić information content (AvgIpc) is 2.96. The fourth-order valence-electron chi connectivity index (χ4n) is 1.20. The van der Waals surface area contributed by atoms with Crippen molar-refractivity contribution >= 4 is 0 Å². The van der Waals surface area contributed by atoms with Gasteiger partial charge in [-0.1, -0.05) is 0 Å². The van der Waals surface area contributed by atoms with Gasteiger partial charge in [0.2, 0.25) is 0 Å². The van der Waals surface area contributed by atoms with Gasteiger partial charge in [0.25, 0.3) is 0 Å². The van der Waals surface area contributed by atoms with E-state index >= 15 is 0 Å². The van der Waals surface area contributed by atoms with Gasteiger partial charge >= 0.3 is 0 Å². The molecule has 0 saturated carbocycles. The van der Waals surface area contributed by atoms with Crippen LogP contribution in [0.1, 0.15) is 0 Å². The van der Waals surface area contributed by atoms with Crippen molar-refractivity contribution in [3.05, 3.63) is 0 Å². The summed E-state index contributed by atoms with van der Waals surface area (Å²) in [6.07, 6.45) is 0. The summed E-state index contributed by atoms with van der Waals surface area (Å²) in [5.74, 6) is 0. The molecular formula is C20H48I4O16-4. The highest BCUT2D eigenvalue weighted by Gasteiger charge is 2.28. The standard InChI is InChI=1S/4C5H12O4.4HI/c4*6-1-5(2-7,3-8)4-9;;;;/h4*6-9H,1-4H2;4*1H/p-4. The Bertz CT molecular complexity index is 306. The highest BCUT2D eigenvalue weighted by Crippen LogP contribution is 2.13. The first-order valence-electron chi connectivity index (χ1n) is 10.7. The third-order valence-corrected chi connectivity index (χ3v) is 5.37. The lowest BCUT2D eigenvalue weighted by atomic mass is 9.93. The smallest absolute Gasteiger partial charge is 0.0627 e. The molecule has 0 aromatic rings. The van der Waals surface area contributed by atoms with E-state index in [9.17, 15) is 0 Å². The van der Waals surface area contributed by atoms with E-state index in [2.05, 4.69) is 0 Å². The van der Waals surface area contributed by atoms with Crippen LogP contribution in [-0.2, 0) is 0 Å². The average molecular weight is 1050 g/mol. The van der Waals surface area contributed by atoms with Crippen LogP contribution in [0.15, 0.2) is 0 Å². The predicted molar refractivity (Wildman–Crippen MR) is 123 cm³/mol. The molecule has 0 heterocycles. The van der Waals surface area contributed by atoms with Crippen LogP contribution >= 0.6 is 0 Å². The van der Waals surface area contributed by atoms with Gasteiger partial charge in [0.1, 0.15) is 0 Å². The van der Waals surface area contributed by atoms with Gasteiger partial charge in [-0.05, 0) is 0 Å². The Morgan fingerprint density at radius 1 is 0.175 bits per heavy atom. The van der Waals surface area contributed by atoms with Crippen LogP contribution < -0.4 is 95.9 Å². The van der Waals surface area contributed by atoms with Gasteiger partial charge in [0.05, 0.1) is 127 Å². The van der Waals surface area contributed by atoms with Crippen molar-refractivity contribution in [3.8, 4) is 0 Å². The van der Waals surface area contributed by atoms with E-state index in [1.54, 1.807) is 0 Å². The highest BCUT2D eigenvalue weighted by molar-refractivity contribution is 4.76. The fraction of sp³-hybridized carbons (Fsp3) is 1.00. The zero-order valence-corrected chi connectivity index (χ0v) is 30.6. The lowest BCUT2D eigenvalue weighted by molar-refractivity contribution is -0.0332. The zero-order valence-electron chi connectivity index (χ0n) is 22.0. The van der Waals surface area contributed by atoms with Gasteiger partial charge in [0, 0.05) is 0 Å². The Balaban J connectivity index is -0.0000000551. The predicted octanol–water partition coefficient (Wildman–Crippen LogP) is -20.2. The monoisotopic (exact) mass is 1050 g/mol. The molecule has 0 aliphatic carbocycles. The van der Waals surface area contributed by atoms with E-state index in [-0.39, 0.29) is 95.9 Å². The Kier molecular flexibility index (Phi) is 57.4. The number of hydrogen-bond donors (Lipinski definition) is 16. The molecule has 0 amide bonds. The summed E-state index contributed by atoms with van der Waals surface area (Å²) < 4.78 is 0. The second-order valence-corrected chi connectivity index (χ2v) is 8.53. The molecule has 20 heteroatoms. The van der Waals surface area contributed by atoms with E-state index in [1.165, 1.54) is 0 Å². The third-order valence-electron chi connectivity index (χ3n) is 5.37. The Hall–Kier alpha value is 2.28. The number of hydrogen-bond acceptors (Lipinski definition) is 16. The van der Waals surface area contributed by atoms with Crippen molar-refractivity contribution in [3.63, 3.8) is 0 Å². The van der Waals surface area contributed by atoms with Crippen LogP contribution in [0.2, 0.25) is 0 Å². The van der Waals surface area contributed by atoms with Gasteiger partial charge < -0.3 is 178 Å². The van der Waals surface area contributed by atoms with Gasteiger partial charge in [-0.3, -0.25) is 0 Å². The Labute approximate surface area is 302 Å². The van der Waals surface area contributed by atoms with E-state index in [1.807, 2.05) is 0 Å². The molecule has 0 aromatic heterocycles. The molecule has 256 valence electrons. The van der Waals surface area contributed by atoms with E-state index < -0.39 is 127 Å². The lowest BCUT2D eigenvalue weighted by Gasteiger charge is -2.23. The second kappa shape index (κ2) is 37.5. The summed E-state index contributed by atoms with van der Waals surface area (Å²) >= 11 is 0. The van der Waals surface area contributed by atoms with E-state index in [0.29, 0.717) is 0 Å². The Morgan fingerprint density at radius 3 is 0.225 bits per heavy atom. The molecule has 0 saturated heterocycles. The minimum atomic E-state index is -1.11. The molecule has 0 spiro atoms. The summed E-state index contributed by atoms with van der Waals surface area (Å²) in [6.45, 7) is -6.50. The first kappa shape index (κ1) is 61.3. The van der Waals surface area contributed by atoms with E-state index in [4.69, 9.17) is 81.7 Å². The molecule has 0 rings (SSSR count). The third kappa shape index (κ3) is 24.6. The normalized spacial score (nSPS) is 10.8. The summed E-state index contributed by atoms with van der Waals surface area (Å²) in [7, 11) is 0. The van der Waals surface area contributed by atoms with Crippen LogP contribution in [0.3, 0.4) is 0 Å². The van der Waals surface area contributed by atoms with Crippen molar-refractivity contribution in [1.82, 2.24) is 0 Å². The van der Waals surface area contributed by atoms with Crippen molar-refractivity contribution in [2.24, 2.45) is 21.7 Å². The summed E-state index contributed by atoms with van der Waals surface area (Å²) in [5, 5.41) is 136. The maximum Gasteiger partial charge on any atom is 0.0627 e. The quantitative estimate of drug-likeness (QED) is 0.0639. The molecule has 0 aliphatic heterocycles. The molecule has 0 atom stereocenters. The van der Waals surface area contributed by atoms with Crippen molar-refractivity contribution in [2.45, 2.75) is 0 Å². The molecule has 0 bridgehead atoms. The maximum absolute atomic E-state index is 8.50. The van der Waals surface area contributed by atoms with Crippen molar-refractivity contribution < 1.29 is 178 Å². The zero-order chi connectivity index (χ0) is 29.3. The maximum atomic E-state index is 8.50. The summed E-state index contributed by atoms with van der Waals surface area (Å²) in [4.78, 5) is 0. The molecule has 0 radical (unpaired) electrons. The van der Waals surface area contributed by atoms with Crippen LogP contribution in [0.5, 0.6) is 0 Å². The fourth-order valence-corrected chi connectivity index (χ4v) is 1.20. The van der Waals surface area contributed by atoms with Gasteiger partial charge in [-0.25, -0.2) is 0 Å². The molecular weight excluding hydrogens is 1000 g/mol. The number of aliphatic hydroxyl groups excluding tert-OH is 16. The second-order valence-electron chi connectivity index (χ2n) is 8.53. The van der Waals surface area contributed by atoms with Crippen molar-refractivity contribution in [1.29, 1.82) is 0 Å². The first-order valence-corrected chi connectivity index (χ1v) is 10.7. The lowest BCUT2D eigenvalue weighted by Crippen LogP contribution is -3.00. The van der Waals surface area contributed by atoms with Crippen LogP contribution in [0.4, 0.5) is 0 Å². The molecule has 0 unspecified atom stereocenters. The molecule has 0 aromatic carbocycles. The molecule has 16 nitrogen and oxygen atoms in total. The largest absolute Gasteiger partial charge is 1.00 e. The van der Waals surface area contributed by atoms with Crippen LogP contribution in [-0.4, -0.2) is 187 Å². The number of rotatable bonds is 16. The summed E-state index contributed by atoms with van der Waals surface area (Å²) in [5.41, 5.74) is -4.44. The minimum absolute atomic E-state index is 0. The summed E-state index contributed by atoms with van der Waals surface area (Å²) in [6, 6.07) is 0. The van der Waals surface area contributed by atoms with Crippen LogP contribution in [0.25, 0.3) is 0 Å². The SMILES string of the molecule is OCC(CO)(CO)CO.OCC(CO)(CO)CO.OCC(CO)(CO)CO.OCC(CO)(CO)CO.[I-].[I-].[I-].[I-]. The number of aliphatic hydroxyl groups is 16. The van der Waals surface area contributed by atoms with E-state index in [0.717, 1.165) is 0 Å². The van der Waals surface area contributed by atoms with Crippen LogP contribution in [0, 0.1) is 21.7 Å². The van der Waals surface area contributed by atoms with Gasteiger partial charge in [-0.15, -0.1) is 0 Å². The molecule has 16 N–H and O–H groups in total. The molecule has 40 heavy (non-hydrogen) atoms. The van der Waals surface area contributed by atoms with Crippen molar-refractivity contribution in [2.75, 3.05) is 106 Å².